The van der Waals surface area contributed by atoms with E-state index in [2.05, 4.69) is 20.6 Å². The van der Waals surface area contributed by atoms with Gasteiger partial charge in [-0.3, -0.25) is 4.79 Å². The summed E-state index contributed by atoms with van der Waals surface area (Å²) in [7, 11) is 0. The van der Waals surface area contributed by atoms with E-state index in [9.17, 15) is 31.9 Å². The third-order valence-corrected chi connectivity index (χ3v) is 6.72. The molecule has 41 heavy (non-hydrogen) atoms. The third-order valence-electron chi connectivity index (χ3n) is 5.62. The van der Waals surface area contributed by atoms with E-state index in [-0.39, 0.29) is 30.2 Å². The Balaban J connectivity index is 0.000000587. The number of halogens is 5. The molecule has 0 aliphatic rings. The van der Waals surface area contributed by atoms with Crippen molar-refractivity contribution in [2.75, 3.05) is 6.61 Å². The topological polar surface area (TPSA) is 139 Å². The van der Waals surface area contributed by atoms with Crippen LogP contribution in [-0.4, -0.2) is 54.7 Å². The lowest BCUT2D eigenvalue weighted by Crippen LogP contribution is -2.46. The van der Waals surface area contributed by atoms with Crippen LogP contribution in [0.3, 0.4) is 0 Å². The van der Waals surface area contributed by atoms with Gasteiger partial charge in [0.1, 0.15) is 33.8 Å². The average molecular weight is 602 g/mol. The highest BCUT2D eigenvalue weighted by atomic mass is 32.1. The maximum absolute atomic E-state index is 14.0. The molecule has 0 fully saturated rings. The van der Waals surface area contributed by atoms with Crippen LogP contribution in [0, 0.1) is 32.4 Å². The fraction of sp³-hybridized carbons (Fsp3) is 0.320. The Hall–Kier alpha value is -4.18. The third kappa shape index (κ3) is 7.13. The van der Waals surface area contributed by atoms with Gasteiger partial charge in [0.25, 0.3) is 5.91 Å². The van der Waals surface area contributed by atoms with Gasteiger partial charge in [0.05, 0.1) is 28.9 Å². The minimum absolute atomic E-state index is 0.204. The predicted molar refractivity (Wildman–Crippen MR) is 136 cm³/mol. The van der Waals surface area contributed by atoms with Crippen molar-refractivity contribution in [2.24, 2.45) is 0 Å². The number of ether oxygens (including phenoxy) is 1. The first kappa shape index (κ1) is 31.3. The quantitative estimate of drug-likeness (QED) is 0.268. The summed E-state index contributed by atoms with van der Waals surface area (Å²) < 4.78 is 66.9. The second-order valence-corrected chi connectivity index (χ2v) is 10.2. The van der Waals surface area contributed by atoms with Gasteiger partial charge in [0.2, 0.25) is 5.88 Å². The van der Waals surface area contributed by atoms with E-state index in [4.69, 9.17) is 14.6 Å². The average Bonchev–Trinajstić information content (AvgIpc) is 3.46. The monoisotopic (exact) mass is 601 g/mol. The molecule has 0 aliphatic heterocycles. The summed E-state index contributed by atoms with van der Waals surface area (Å²) >= 11 is 1.28. The Bertz CT molecular complexity index is 1570. The fourth-order valence-electron chi connectivity index (χ4n) is 3.55. The number of pyridine rings is 1. The van der Waals surface area contributed by atoms with Gasteiger partial charge in [-0.1, -0.05) is 17.4 Å². The maximum Gasteiger partial charge on any atom is 0.490 e. The molecule has 1 amide bonds. The van der Waals surface area contributed by atoms with E-state index >= 15 is 0 Å². The molecule has 16 heteroatoms. The van der Waals surface area contributed by atoms with Gasteiger partial charge in [-0.2, -0.15) is 22.8 Å². The molecule has 0 saturated carbocycles. The zero-order valence-corrected chi connectivity index (χ0v) is 22.8. The molecule has 1 atom stereocenters. The highest BCUT2D eigenvalue weighted by molar-refractivity contribution is 7.11. The van der Waals surface area contributed by atoms with Crippen molar-refractivity contribution in [3.05, 3.63) is 74.4 Å². The molecule has 0 spiro atoms. The Morgan fingerprint density at radius 1 is 1.10 bits per heavy atom. The maximum atomic E-state index is 14.0. The highest BCUT2D eigenvalue weighted by Gasteiger charge is 2.38. The summed E-state index contributed by atoms with van der Waals surface area (Å²) in [5.74, 6) is -4.42. The minimum Gasteiger partial charge on any atom is -0.475 e. The molecule has 10 nitrogen and oxygen atoms in total. The number of fused-ring (bicyclic) bond motifs is 1. The summed E-state index contributed by atoms with van der Waals surface area (Å²) in [4.78, 5) is 22.2. The molecular formula is C25H24F5N5O5S. The predicted octanol–water partition coefficient (Wildman–Crippen LogP) is 4.24. The molecule has 0 radical (unpaired) electrons. The first-order valence-corrected chi connectivity index (χ1v) is 12.5. The number of nitrogens with zero attached hydrogens (tertiary/aromatic N) is 4. The van der Waals surface area contributed by atoms with Crippen molar-refractivity contribution in [3.63, 3.8) is 0 Å². The number of aromatic nitrogens is 4. The number of rotatable bonds is 7. The SMILES string of the molecule is Cc1cc(OCc2c(F)cccc2F)n2nc(C)c(C(=O)NC(C)(CO)c3nnc(C)s3)c2c1.O=C(O)C(F)(F)F. The van der Waals surface area contributed by atoms with Gasteiger partial charge < -0.3 is 20.3 Å². The van der Waals surface area contributed by atoms with Crippen LogP contribution in [0.4, 0.5) is 22.0 Å². The van der Waals surface area contributed by atoms with Crippen LogP contribution in [0.2, 0.25) is 0 Å². The fourth-order valence-corrected chi connectivity index (χ4v) is 4.34. The van der Waals surface area contributed by atoms with Crippen molar-refractivity contribution in [3.8, 4) is 5.88 Å². The lowest BCUT2D eigenvalue weighted by atomic mass is 10.0. The molecule has 1 aromatic carbocycles. The van der Waals surface area contributed by atoms with Crippen LogP contribution < -0.4 is 10.1 Å². The molecular weight excluding hydrogens is 577 g/mol. The molecule has 3 heterocycles. The number of alkyl halides is 3. The van der Waals surface area contributed by atoms with Crippen LogP contribution in [0.25, 0.3) is 5.52 Å². The van der Waals surface area contributed by atoms with Gasteiger partial charge in [0, 0.05) is 6.07 Å². The molecule has 220 valence electrons. The van der Waals surface area contributed by atoms with Crippen LogP contribution >= 0.6 is 11.3 Å². The number of aryl methyl sites for hydroxylation is 3. The normalized spacial score (nSPS) is 12.8. The molecule has 0 bridgehead atoms. The molecule has 3 N–H and O–H groups in total. The van der Waals surface area contributed by atoms with Gasteiger partial charge in [-0.05, 0) is 51.5 Å². The zero-order chi connectivity index (χ0) is 30.7. The van der Waals surface area contributed by atoms with Gasteiger partial charge in [0.15, 0.2) is 0 Å². The van der Waals surface area contributed by atoms with Crippen molar-refractivity contribution >= 4 is 28.7 Å². The van der Waals surface area contributed by atoms with Crippen LogP contribution in [0.5, 0.6) is 5.88 Å². The molecule has 4 aromatic rings. The van der Waals surface area contributed by atoms with E-state index in [1.807, 2.05) is 6.92 Å². The Kier molecular flexibility index (Phi) is 9.28. The lowest BCUT2D eigenvalue weighted by Gasteiger charge is -2.25. The number of aliphatic hydroxyl groups excluding tert-OH is 1. The van der Waals surface area contributed by atoms with Crippen molar-refractivity contribution < 1.29 is 46.5 Å². The van der Waals surface area contributed by atoms with Crippen LogP contribution in [0.15, 0.2) is 30.3 Å². The van der Waals surface area contributed by atoms with Gasteiger partial charge in [-0.25, -0.2) is 13.6 Å². The Morgan fingerprint density at radius 2 is 1.71 bits per heavy atom. The smallest absolute Gasteiger partial charge is 0.475 e. The lowest BCUT2D eigenvalue weighted by molar-refractivity contribution is -0.192. The Morgan fingerprint density at radius 3 is 2.22 bits per heavy atom. The number of nitrogens with one attached hydrogen (secondary N) is 1. The standard InChI is InChI=1S/C23H23F2N5O3S.C2HF3O2/c1-12-8-18-20(21(32)26-23(4,11-31)22-28-27-14(3)34-22)13(2)29-30(18)19(9-12)33-10-15-16(24)6-5-7-17(15)25;3-2(4,5)1(6)7/h5-9,31H,10-11H2,1-4H3,(H,26,32);(H,6,7). The van der Waals surface area contributed by atoms with E-state index in [1.54, 1.807) is 32.9 Å². The van der Waals surface area contributed by atoms with Crippen LogP contribution in [0.1, 0.15) is 44.1 Å². The second kappa shape index (κ2) is 12.1. The highest BCUT2D eigenvalue weighted by Crippen LogP contribution is 2.28. The molecule has 0 saturated heterocycles. The molecule has 0 aliphatic carbocycles. The first-order valence-electron chi connectivity index (χ1n) is 11.7. The number of aliphatic carboxylic acids is 1. The summed E-state index contributed by atoms with van der Waals surface area (Å²) in [6.45, 7) is 6.19. The number of hydrogen-bond donors (Lipinski definition) is 3. The van der Waals surface area contributed by atoms with E-state index < -0.39 is 35.2 Å². The molecule has 1 unspecified atom stereocenters. The van der Waals surface area contributed by atoms with Crippen LogP contribution in [-0.2, 0) is 16.9 Å². The van der Waals surface area contributed by atoms with E-state index in [0.717, 1.165) is 17.7 Å². The van der Waals surface area contributed by atoms with Gasteiger partial charge >= 0.3 is 12.1 Å². The first-order chi connectivity index (χ1) is 19.1. The van der Waals surface area contributed by atoms with Crippen molar-refractivity contribution in [1.29, 1.82) is 0 Å². The summed E-state index contributed by atoms with van der Waals surface area (Å²) in [5, 5.41) is 33.6. The number of aliphatic hydroxyl groups is 1. The number of carboxylic acids is 1. The number of benzene rings is 1. The zero-order valence-electron chi connectivity index (χ0n) is 22.0. The second-order valence-electron chi connectivity index (χ2n) is 8.99. The minimum atomic E-state index is -5.08. The van der Waals surface area contributed by atoms with E-state index in [1.165, 1.54) is 21.9 Å². The van der Waals surface area contributed by atoms with Crippen molar-refractivity contribution in [2.45, 2.75) is 46.0 Å². The van der Waals surface area contributed by atoms with E-state index in [0.29, 0.717) is 21.2 Å². The molecule has 4 rings (SSSR count). The number of carboxylic acid groups (broad SMARTS) is 1. The Labute approximate surface area is 233 Å². The van der Waals surface area contributed by atoms with Gasteiger partial charge in [-0.15, -0.1) is 10.2 Å². The summed E-state index contributed by atoms with van der Waals surface area (Å²) in [5.41, 5.74) is 0.563. The number of carbonyl (C=O) groups excluding carboxylic acids is 1. The number of hydrogen-bond acceptors (Lipinski definition) is 8. The van der Waals surface area contributed by atoms with Crippen molar-refractivity contribution in [1.82, 2.24) is 25.1 Å². The summed E-state index contributed by atoms with van der Waals surface area (Å²) in [6.07, 6.45) is -5.08. The summed E-state index contributed by atoms with van der Waals surface area (Å²) in [6, 6.07) is 7.03. The number of amides is 1. The largest absolute Gasteiger partial charge is 0.490 e. The number of carbonyl (C=O) groups is 2. The molecule has 3 aromatic heterocycles.